The molecule has 0 atom stereocenters. The second-order valence-corrected chi connectivity index (χ2v) is 4.19. The van der Waals surface area contributed by atoms with Crippen LogP contribution < -0.4 is 10.1 Å². The first-order chi connectivity index (χ1) is 8.86. The molecule has 0 saturated carbocycles. The fourth-order valence-corrected chi connectivity index (χ4v) is 1.45. The van der Waals surface area contributed by atoms with Crippen molar-refractivity contribution in [1.82, 2.24) is 0 Å². The van der Waals surface area contributed by atoms with Crippen molar-refractivity contribution < 1.29 is 19.4 Å². The summed E-state index contributed by atoms with van der Waals surface area (Å²) in [6, 6.07) is 5.24. The van der Waals surface area contributed by atoms with Crippen molar-refractivity contribution in [3.05, 3.63) is 34.9 Å². The molecule has 2 N–H and O–H groups in total. The predicted octanol–water partition coefficient (Wildman–Crippen LogP) is 2.36. The summed E-state index contributed by atoms with van der Waals surface area (Å²) < 4.78 is 5.07. The number of carboxylic acid groups (broad SMARTS) is 1. The third-order valence-electron chi connectivity index (χ3n) is 2.91. The van der Waals surface area contributed by atoms with Crippen LogP contribution in [-0.4, -0.2) is 24.1 Å². The summed E-state index contributed by atoms with van der Waals surface area (Å²) in [6.07, 6.45) is 0. The normalized spacial score (nSPS) is 11.6. The van der Waals surface area contributed by atoms with Crippen LogP contribution in [0.2, 0.25) is 0 Å². The minimum Gasteiger partial charge on any atom is -0.497 e. The van der Waals surface area contributed by atoms with Crippen LogP contribution in [0.25, 0.3) is 0 Å². The lowest BCUT2D eigenvalue weighted by Crippen LogP contribution is -2.16. The maximum absolute atomic E-state index is 11.9. The third-order valence-corrected chi connectivity index (χ3v) is 2.91. The Bertz CT molecular complexity index is 546. The Morgan fingerprint density at radius 1 is 1.21 bits per heavy atom. The smallest absolute Gasteiger partial charge is 0.331 e. The SMILES string of the molecule is COc1ccc(NC(=O)C(C)=C(C)C(=O)O)c(C)c1. The van der Waals surface area contributed by atoms with E-state index in [0.717, 1.165) is 5.56 Å². The third kappa shape index (κ3) is 3.58. The minimum absolute atomic E-state index is 0.0312. The number of carbonyl (C=O) groups is 2. The second kappa shape index (κ2) is 6.04. The number of hydrogen-bond donors (Lipinski definition) is 2. The number of carboxylic acids is 1. The van der Waals surface area contributed by atoms with E-state index in [9.17, 15) is 9.59 Å². The van der Waals surface area contributed by atoms with Crippen LogP contribution in [0.4, 0.5) is 5.69 Å². The van der Waals surface area contributed by atoms with Crippen LogP contribution in [0.15, 0.2) is 29.3 Å². The molecule has 1 amide bonds. The van der Waals surface area contributed by atoms with Crippen molar-refractivity contribution in [2.24, 2.45) is 0 Å². The first kappa shape index (κ1) is 14.8. The zero-order chi connectivity index (χ0) is 14.6. The molecular formula is C14H17NO4. The van der Waals surface area contributed by atoms with E-state index in [4.69, 9.17) is 9.84 Å². The molecule has 5 nitrogen and oxygen atoms in total. The molecule has 0 aliphatic carbocycles. The molecule has 1 rings (SSSR count). The zero-order valence-corrected chi connectivity index (χ0v) is 11.4. The number of hydrogen-bond acceptors (Lipinski definition) is 3. The molecule has 0 fully saturated rings. The highest BCUT2D eigenvalue weighted by Gasteiger charge is 2.13. The molecule has 0 saturated heterocycles. The van der Waals surface area contributed by atoms with E-state index < -0.39 is 11.9 Å². The summed E-state index contributed by atoms with van der Waals surface area (Å²) >= 11 is 0. The van der Waals surface area contributed by atoms with Crippen LogP contribution >= 0.6 is 0 Å². The molecule has 0 aromatic heterocycles. The fourth-order valence-electron chi connectivity index (χ4n) is 1.45. The van der Waals surface area contributed by atoms with Crippen LogP contribution in [0.1, 0.15) is 19.4 Å². The summed E-state index contributed by atoms with van der Waals surface area (Å²) in [7, 11) is 1.57. The summed E-state index contributed by atoms with van der Waals surface area (Å²) in [5, 5.41) is 11.5. The summed E-state index contributed by atoms with van der Waals surface area (Å²) in [4.78, 5) is 22.7. The Balaban J connectivity index is 2.95. The fraction of sp³-hybridized carbons (Fsp3) is 0.286. The van der Waals surface area contributed by atoms with Gasteiger partial charge in [0.2, 0.25) is 0 Å². The lowest BCUT2D eigenvalue weighted by atomic mass is 10.1. The molecule has 19 heavy (non-hydrogen) atoms. The maximum atomic E-state index is 11.9. The molecule has 0 radical (unpaired) electrons. The summed E-state index contributed by atoms with van der Waals surface area (Å²) in [5.41, 5.74) is 1.68. The molecule has 5 heteroatoms. The molecular weight excluding hydrogens is 246 g/mol. The van der Waals surface area contributed by atoms with E-state index in [2.05, 4.69) is 5.32 Å². The molecule has 1 aromatic carbocycles. The van der Waals surface area contributed by atoms with Crippen LogP contribution in [0, 0.1) is 6.92 Å². The largest absolute Gasteiger partial charge is 0.497 e. The molecule has 0 aliphatic heterocycles. The van der Waals surface area contributed by atoms with Gasteiger partial charge in [0.15, 0.2) is 0 Å². The van der Waals surface area contributed by atoms with Gasteiger partial charge in [-0.2, -0.15) is 0 Å². The Kier molecular flexibility index (Phi) is 4.69. The first-order valence-corrected chi connectivity index (χ1v) is 5.73. The highest BCUT2D eigenvalue weighted by atomic mass is 16.5. The molecule has 1 aromatic rings. The number of anilines is 1. The van der Waals surface area contributed by atoms with E-state index in [1.807, 2.05) is 6.92 Å². The van der Waals surface area contributed by atoms with Crippen molar-refractivity contribution in [3.63, 3.8) is 0 Å². The molecule has 0 aliphatic rings. The number of rotatable bonds is 4. The van der Waals surface area contributed by atoms with Crippen molar-refractivity contribution in [2.75, 3.05) is 12.4 Å². The van der Waals surface area contributed by atoms with Crippen molar-refractivity contribution in [3.8, 4) is 5.75 Å². The minimum atomic E-state index is -1.10. The number of benzene rings is 1. The number of methoxy groups -OCH3 is 1. The lowest BCUT2D eigenvalue weighted by Gasteiger charge is -2.10. The molecule has 0 heterocycles. The molecule has 0 spiro atoms. The Hall–Kier alpha value is -2.30. The van der Waals surface area contributed by atoms with Gasteiger partial charge in [0.1, 0.15) is 5.75 Å². The van der Waals surface area contributed by atoms with Gasteiger partial charge in [-0.25, -0.2) is 4.79 Å². The van der Waals surface area contributed by atoms with Gasteiger partial charge < -0.3 is 15.2 Å². The monoisotopic (exact) mass is 263 g/mol. The molecule has 0 unspecified atom stereocenters. The Morgan fingerprint density at radius 3 is 2.32 bits per heavy atom. The van der Waals surface area contributed by atoms with E-state index in [1.54, 1.807) is 25.3 Å². The summed E-state index contributed by atoms with van der Waals surface area (Å²) in [5.74, 6) is -0.822. The topological polar surface area (TPSA) is 75.6 Å². The van der Waals surface area contributed by atoms with Crippen LogP contribution in [-0.2, 0) is 9.59 Å². The first-order valence-electron chi connectivity index (χ1n) is 5.73. The van der Waals surface area contributed by atoms with Gasteiger partial charge in [0.05, 0.1) is 7.11 Å². The van der Waals surface area contributed by atoms with Crippen LogP contribution in [0.3, 0.4) is 0 Å². The van der Waals surface area contributed by atoms with Gasteiger partial charge in [-0.3, -0.25) is 4.79 Å². The van der Waals surface area contributed by atoms with E-state index in [1.165, 1.54) is 13.8 Å². The van der Waals surface area contributed by atoms with Gasteiger partial charge >= 0.3 is 5.97 Å². The number of aryl methyl sites for hydroxylation is 1. The highest BCUT2D eigenvalue weighted by Crippen LogP contribution is 2.21. The van der Waals surface area contributed by atoms with E-state index >= 15 is 0 Å². The molecule has 102 valence electrons. The van der Waals surface area contributed by atoms with Crippen LogP contribution in [0.5, 0.6) is 5.75 Å². The zero-order valence-electron chi connectivity index (χ0n) is 11.4. The number of aliphatic carboxylic acids is 1. The van der Waals surface area contributed by atoms with Crippen molar-refractivity contribution in [1.29, 1.82) is 0 Å². The summed E-state index contributed by atoms with van der Waals surface area (Å²) in [6.45, 7) is 4.72. The van der Waals surface area contributed by atoms with Crippen molar-refractivity contribution in [2.45, 2.75) is 20.8 Å². The van der Waals surface area contributed by atoms with Gasteiger partial charge in [-0.15, -0.1) is 0 Å². The number of ether oxygens (including phenoxy) is 1. The highest BCUT2D eigenvalue weighted by molar-refractivity contribution is 6.08. The average molecular weight is 263 g/mol. The average Bonchev–Trinajstić information content (AvgIpc) is 2.38. The van der Waals surface area contributed by atoms with Gasteiger partial charge in [0.25, 0.3) is 5.91 Å². The van der Waals surface area contributed by atoms with E-state index in [0.29, 0.717) is 11.4 Å². The van der Waals surface area contributed by atoms with Gasteiger partial charge in [-0.1, -0.05) is 0 Å². The lowest BCUT2D eigenvalue weighted by molar-refractivity contribution is -0.133. The second-order valence-electron chi connectivity index (χ2n) is 4.19. The number of amides is 1. The standard InChI is InChI=1S/C14H17NO4/c1-8-7-11(19-4)5-6-12(8)15-13(16)9(2)10(3)14(17)18/h5-7H,1-4H3,(H,15,16)(H,17,18). The predicted molar refractivity (Wildman–Crippen MR) is 72.4 cm³/mol. The Labute approximate surface area is 111 Å². The van der Waals surface area contributed by atoms with Crippen molar-refractivity contribution >= 4 is 17.6 Å². The van der Waals surface area contributed by atoms with Gasteiger partial charge in [0, 0.05) is 16.8 Å². The number of carbonyl (C=O) groups excluding carboxylic acids is 1. The Morgan fingerprint density at radius 2 is 1.84 bits per heavy atom. The van der Waals surface area contributed by atoms with E-state index in [-0.39, 0.29) is 11.1 Å². The molecule has 0 bridgehead atoms. The maximum Gasteiger partial charge on any atom is 0.331 e. The number of nitrogens with one attached hydrogen (secondary N) is 1. The van der Waals surface area contributed by atoms with Gasteiger partial charge in [-0.05, 0) is 44.5 Å². The quantitative estimate of drug-likeness (QED) is 0.818.